The summed E-state index contributed by atoms with van der Waals surface area (Å²) >= 11 is 1.64. The molecule has 0 aliphatic carbocycles. The van der Waals surface area contributed by atoms with Crippen LogP contribution in [0.15, 0.2) is 54.3 Å². The van der Waals surface area contributed by atoms with Crippen molar-refractivity contribution in [2.24, 2.45) is 0 Å². The highest BCUT2D eigenvalue weighted by atomic mass is 35.5. The summed E-state index contributed by atoms with van der Waals surface area (Å²) in [5, 5.41) is 6.58. The number of fused-ring (bicyclic) bond motifs is 1. The zero-order valence-electron chi connectivity index (χ0n) is 16.3. The Morgan fingerprint density at radius 3 is 2.77 bits per heavy atom. The zero-order chi connectivity index (χ0) is 19.5. The Bertz CT molecular complexity index is 1110. The molecule has 1 aromatic carbocycles. The first-order valence-electron chi connectivity index (χ1n) is 9.65. The predicted molar refractivity (Wildman–Crippen MR) is 124 cm³/mol. The lowest BCUT2D eigenvalue weighted by atomic mass is 10.1. The van der Waals surface area contributed by atoms with Gasteiger partial charge in [-0.3, -0.25) is 4.90 Å². The van der Waals surface area contributed by atoms with Crippen LogP contribution < -0.4 is 10.6 Å². The van der Waals surface area contributed by atoms with E-state index in [1.54, 1.807) is 17.5 Å². The highest BCUT2D eigenvalue weighted by molar-refractivity contribution is 7.16. The predicted octanol–water partition coefficient (Wildman–Crippen LogP) is 3.72. The topological polar surface area (TPSA) is 78.9 Å². The first-order valence-corrected chi connectivity index (χ1v) is 10.5. The standard InChI is InChI=1S/C21H21N7S.ClH/c1-4-20(24-12-15(1)13-28-9-7-22-8-10-28)27-21-23-6-5-17(26-21)16-2-3-19-18(11-16)25-14-29-19;/h1-6,11-12,14,22H,7-10,13H2,(H,23,24,26,27);1H. The highest BCUT2D eigenvalue weighted by Gasteiger charge is 2.10. The average molecular weight is 440 g/mol. The second-order valence-electron chi connectivity index (χ2n) is 7.00. The molecule has 0 atom stereocenters. The lowest BCUT2D eigenvalue weighted by Gasteiger charge is -2.27. The molecule has 0 spiro atoms. The van der Waals surface area contributed by atoms with E-state index in [4.69, 9.17) is 0 Å². The number of hydrogen-bond acceptors (Lipinski definition) is 8. The van der Waals surface area contributed by atoms with Gasteiger partial charge < -0.3 is 10.6 Å². The number of halogens is 1. The van der Waals surface area contributed by atoms with Gasteiger partial charge in [0.15, 0.2) is 0 Å². The van der Waals surface area contributed by atoms with Crippen LogP contribution in [0.25, 0.3) is 21.5 Å². The van der Waals surface area contributed by atoms with Crippen molar-refractivity contribution in [1.29, 1.82) is 0 Å². The minimum absolute atomic E-state index is 0. The second-order valence-corrected chi connectivity index (χ2v) is 7.89. The molecule has 1 saturated heterocycles. The number of anilines is 2. The molecule has 5 rings (SSSR count). The maximum Gasteiger partial charge on any atom is 0.228 e. The Morgan fingerprint density at radius 1 is 1.03 bits per heavy atom. The summed E-state index contributed by atoms with van der Waals surface area (Å²) in [5.74, 6) is 1.27. The van der Waals surface area contributed by atoms with Gasteiger partial charge in [-0.1, -0.05) is 12.1 Å². The van der Waals surface area contributed by atoms with Crippen molar-refractivity contribution < 1.29 is 0 Å². The number of hydrogen-bond donors (Lipinski definition) is 2. The van der Waals surface area contributed by atoms with Crippen LogP contribution in [0.1, 0.15) is 5.56 Å². The van der Waals surface area contributed by atoms with Crippen molar-refractivity contribution in [3.8, 4) is 11.3 Å². The van der Waals surface area contributed by atoms with Crippen LogP contribution in [0.2, 0.25) is 0 Å². The third kappa shape index (κ3) is 4.73. The molecular formula is C21H22ClN7S. The Morgan fingerprint density at radius 2 is 1.93 bits per heavy atom. The number of pyridine rings is 1. The summed E-state index contributed by atoms with van der Waals surface area (Å²) in [4.78, 5) is 20.3. The maximum atomic E-state index is 4.64. The number of rotatable bonds is 5. The number of nitrogens with one attached hydrogen (secondary N) is 2. The van der Waals surface area contributed by atoms with Gasteiger partial charge in [0.05, 0.1) is 21.4 Å². The SMILES string of the molecule is Cl.c1cc(-c2ccc3scnc3c2)nc(Nc2ccc(CN3CCNCC3)cn2)n1. The molecule has 0 amide bonds. The monoisotopic (exact) mass is 439 g/mol. The second kappa shape index (κ2) is 9.44. The summed E-state index contributed by atoms with van der Waals surface area (Å²) in [6.45, 7) is 5.19. The summed E-state index contributed by atoms with van der Waals surface area (Å²) in [6.07, 6.45) is 3.68. The minimum Gasteiger partial charge on any atom is -0.314 e. The van der Waals surface area contributed by atoms with Crippen LogP contribution in [-0.4, -0.2) is 51.0 Å². The molecule has 0 bridgehead atoms. The van der Waals surface area contributed by atoms with E-state index < -0.39 is 0 Å². The minimum atomic E-state index is 0. The van der Waals surface area contributed by atoms with Crippen molar-refractivity contribution in [2.75, 3.05) is 31.5 Å². The maximum absolute atomic E-state index is 4.64. The number of nitrogens with zero attached hydrogens (tertiary/aromatic N) is 5. The highest BCUT2D eigenvalue weighted by Crippen LogP contribution is 2.25. The summed E-state index contributed by atoms with van der Waals surface area (Å²) in [7, 11) is 0. The molecule has 2 N–H and O–H groups in total. The average Bonchev–Trinajstić information content (AvgIpc) is 3.24. The number of thiazole rings is 1. The fraction of sp³-hybridized carbons (Fsp3) is 0.238. The Labute approximate surface area is 185 Å². The van der Waals surface area contributed by atoms with E-state index in [1.807, 2.05) is 23.8 Å². The molecule has 1 aliphatic heterocycles. The molecule has 4 aromatic rings. The third-order valence-corrected chi connectivity index (χ3v) is 5.77. The number of piperazine rings is 1. The van der Waals surface area contributed by atoms with Crippen molar-refractivity contribution in [3.63, 3.8) is 0 Å². The van der Waals surface area contributed by atoms with Gasteiger partial charge in [-0.2, -0.15) is 0 Å². The van der Waals surface area contributed by atoms with E-state index in [1.165, 1.54) is 10.3 Å². The molecular weight excluding hydrogens is 418 g/mol. The lowest BCUT2D eigenvalue weighted by Crippen LogP contribution is -2.42. The summed E-state index contributed by atoms with van der Waals surface area (Å²) in [6, 6.07) is 12.2. The molecule has 0 radical (unpaired) electrons. The fourth-order valence-electron chi connectivity index (χ4n) is 3.43. The van der Waals surface area contributed by atoms with E-state index in [2.05, 4.69) is 59.7 Å². The molecule has 4 heterocycles. The molecule has 0 saturated carbocycles. The molecule has 0 unspecified atom stereocenters. The first-order chi connectivity index (χ1) is 14.3. The molecule has 30 heavy (non-hydrogen) atoms. The van der Waals surface area contributed by atoms with Gasteiger partial charge in [-0.15, -0.1) is 23.7 Å². The molecule has 9 heteroatoms. The molecule has 1 fully saturated rings. The van der Waals surface area contributed by atoms with E-state index in [0.29, 0.717) is 5.95 Å². The molecule has 1 aliphatic rings. The largest absolute Gasteiger partial charge is 0.314 e. The third-order valence-electron chi connectivity index (χ3n) is 4.96. The van der Waals surface area contributed by atoms with Crippen LogP contribution in [0, 0.1) is 0 Å². The lowest BCUT2D eigenvalue weighted by molar-refractivity contribution is 0.233. The Balaban J connectivity index is 0.00000218. The van der Waals surface area contributed by atoms with E-state index in [0.717, 1.165) is 55.3 Å². The van der Waals surface area contributed by atoms with E-state index in [9.17, 15) is 0 Å². The van der Waals surface area contributed by atoms with Gasteiger partial charge in [0.1, 0.15) is 5.82 Å². The van der Waals surface area contributed by atoms with Gasteiger partial charge >= 0.3 is 0 Å². The van der Waals surface area contributed by atoms with Crippen LogP contribution >= 0.6 is 23.7 Å². The smallest absolute Gasteiger partial charge is 0.228 e. The van der Waals surface area contributed by atoms with Crippen LogP contribution in [-0.2, 0) is 6.54 Å². The first kappa shape index (κ1) is 20.6. The van der Waals surface area contributed by atoms with Gasteiger partial charge in [-0.25, -0.2) is 19.9 Å². The number of benzene rings is 1. The molecule has 7 nitrogen and oxygen atoms in total. The van der Waals surface area contributed by atoms with E-state index in [-0.39, 0.29) is 12.4 Å². The van der Waals surface area contributed by atoms with Gasteiger partial charge in [0, 0.05) is 50.7 Å². The summed E-state index contributed by atoms with van der Waals surface area (Å²) < 4.78 is 1.17. The van der Waals surface area contributed by atoms with Gasteiger partial charge in [0.25, 0.3) is 0 Å². The van der Waals surface area contributed by atoms with Crippen molar-refractivity contribution in [1.82, 2.24) is 30.2 Å². The zero-order valence-corrected chi connectivity index (χ0v) is 17.9. The van der Waals surface area contributed by atoms with Crippen LogP contribution in [0.3, 0.4) is 0 Å². The molecule has 3 aromatic heterocycles. The van der Waals surface area contributed by atoms with Crippen molar-refractivity contribution in [2.45, 2.75) is 6.54 Å². The van der Waals surface area contributed by atoms with Crippen LogP contribution in [0.4, 0.5) is 11.8 Å². The Hall–Kier alpha value is -2.65. The van der Waals surface area contributed by atoms with Crippen molar-refractivity contribution in [3.05, 3.63) is 59.9 Å². The quantitative estimate of drug-likeness (QED) is 0.490. The van der Waals surface area contributed by atoms with Gasteiger partial charge in [0.2, 0.25) is 5.95 Å². The van der Waals surface area contributed by atoms with E-state index >= 15 is 0 Å². The normalized spacial score (nSPS) is 14.4. The molecule has 154 valence electrons. The summed E-state index contributed by atoms with van der Waals surface area (Å²) in [5.41, 5.74) is 5.94. The van der Waals surface area contributed by atoms with Gasteiger partial charge in [-0.05, 0) is 29.8 Å². The Kier molecular flexibility index (Phi) is 6.49. The number of aromatic nitrogens is 4. The fourth-order valence-corrected chi connectivity index (χ4v) is 4.09. The van der Waals surface area contributed by atoms with Crippen LogP contribution in [0.5, 0.6) is 0 Å². The van der Waals surface area contributed by atoms with Crippen molar-refractivity contribution >= 4 is 45.7 Å².